The van der Waals surface area contributed by atoms with Crippen molar-refractivity contribution in [2.75, 3.05) is 5.32 Å². The Hall–Kier alpha value is -1.61. The molecule has 0 saturated heterocycles. The van der Waals surface area contributed by atoms with E-state index in [1.54, 1.807) is 0 Å². The lowest BCUT2D eigenvalue weighted by Gasteiger charge is -2.13. The fraction of sp³-hybridized carbons (Fsp3) is 0.235. The van der Waals surface area contributed by atoms with Gasteiger partial charge in [-0.05, 0) is 49.6 Å². The van der Waals surface area contributed by atoms with Crippen LogP contribution in [0, 0.1) is 20.8 Å². The zero-order chi connectivity index (χ0) is 14.7. The van der Waals surface area contributed by atoms with Crippen LogP contribution in [0.5, 0.6) is 0 Å². The van der Waals surface area contributed by atoms with E-state index in [4.69, 9.17) is 0 Å². The van der Waals surface area contributed by atoms with Gasteiger partial charge >= 0.3 is 0 Å². The van der Waals surface area contributed by atoms with E-state index in [1.807, 2.05) is 38.1 Å². The maximum absolute atomic E-state index is 12.3. The SMILES string of the molecule is Cc1cc(C)c(NC(=O)c2ccc(CBr)cc2)c(C)c1. The molecule has 0 bridgehead atoms. The normalized spacial score (nSPS) is 10.4. The molecule has 0 aliphatic rings. The molecule has 0 unspecified atom stereocenters. The number of nitrogens with one attached hydrogen (secondary N) is 1. The van der Waals surface area contributed by atoms with Crippen LogP contribution in [-0.4, -0.2) is 5.91 Å². The number of alkyl halides is 1. The van der Waals surface area contributed by atoms with Crippen LogP contribution in [-0.2, 0) is 5.33 Å². The van der Waals surface area contributed by atoms with E-state index in [1.165, 1.54) is 5.56 Å². The topological polar surface area (TPSA) is 29.1 Å². The van der Waals surface area contributed by atoms with Gasteiger partial charge in [0, 0.05) is 16.6 Å². The summed E-state index contributed by atoms with van der Waals surface area (Å²) in [7, 11) is 0. The smallest absolute Gasteiger partial charge is 0.255 e. The lowest BCUT2D eigenvalue weighted by molar-refractivity contribution is 0.102. The molecule has 0 fully saturated rings. The molecule has 2 nitrogen and oxygen atoms in total. The van der Waals surface area contributed by atoms with Crippen LogP contribution < -0.4 is 5.32 Å². The lowest BCUT2D eigenvalue weighted by Crippen LogP contribution is -2.14. The number of anilines is 1. The lowest BCUT2D eigenvalue weighted by atomic mass is 10.0. The van der Waals surface area contributed by atoms with E-state index in [0.717, 1.165) is 27.7 Å². The van der Waals surface area contributed by atoms with Crippen LogP contribution in [0.15, 0.2) is 36.4 Å². The first kappa shape index (κ1) is 14.8. The predicted octanol–water partition coefficient (Wildman–Crippen LogP) is 4.76. The van der Waals surface area contributed by atoms with Crippen molar-refractivity contribution in [3.05, 3.63) is 64.2 Å². The van der Waals surface area contributed by atoms with Gasteiger partial charge in [0.2, 0.25) is 0 Å². The quantitative estimate of drug-likeness (QED) is 0.807. The third-order valence-corrected chi connectivity index (χ3v) is 3.93. The van der Waals surface area contributed by atoms with Crippen molar-refractivity contribution in [2.24, 2.45) is 0 Å². The first-order valence-electron chi connectivity index (χ1n) is 6.55. The third kappa shape index (κ3) is 3.28. The fourth-order valence-electron chi connectivity index (χ4n) is 2.31. The summed E-state index contributed by atoms with van der Waals surface area (Å²) in [5.74, 6) is -0.0684. The standard InChI is InChI=1S/C17H18BrNO/c1-11-8-12(2)16(13(3)9-11)19-17(20)15-6-4-14(10-18)5-7-15/h4-9H,10H2,1-3H3,(H,19,20). The van der Waals surface area contributed by atoms with Gasteiger partial charge in [-0.15, -0.1) is 0 Å². The number of amides is 1. The first-order valence-corrected chi connectivity index (χ1v) is 7.67. The molecule has 3 heteroatoms. The molecule has 20 heavy (non-hydrogen) atoms. The van der Waals surface area contributed by atoms with Crippen molar-refractivity contribution in [3.8, 4) is 0 Å². The zero-order valence-electron chi connectivity index (χ0n) is 12.0. The molecule has 104 valence electrons. The molecular formula is C17H18BrNO. The maximum atomic E-state index is 12.3. The van der Waals surface area contributed by atoms with Gasteiger partial charge in [-0.2, -0.15) is 0 Å². The van der Waals surface area contributed by atoms with E-state index in [0.29, 0.717) is 5.56 Å². The number of carbonyl (C=O) groups excluding carboxylic acids is 1. The second kappa shape index (κ2) is 6.23. The van der Waals surface area contributed by atoms with Crippen molar-refractivity contribution in [1.82, 2.24) is 0 Å². The number of hydrogen-bond acceptors (Lipinski definition) is 1. The highest BCUT2D eigenvalue weighted by Gasteiger charge is 2.10. The molecule has 0 saturated carbocycles. The Morgan fingerprint density at radius 2 is 1.60 bits per heavy atom. The molecule has 0 radical (unpaired) electrons. The zero-order valence-corrected chi connectivity index (χ0v) is 13.5. The van der Waals surface area contributed by atoms with Gasteiger partial charge in [0.1, 0.15) is 0 Å². The van der Waals surface area contributed by atoms with Gasteiger partial charge in [0.15, 0.2) is 0 Å². The third-order valence-electron chi connectivity index (χ3n) is 3.29. The van der Waals surface area contributed by atoms with Crippen LogP contribution in [0.2, 0.25) is 0 Å². The van der Waals surface area contributed by atoms with E-state index in [2.05, 4.69) is 40.3 Å². The Bertz CT molecular complexity index is 609. The summed E-state index contributed by atoms with van der Waals surface area (Å²) < 4.78 is 0. The summed E-state index contributed by atoms with van der Waals surface area (Å²) in [6, 6.07) is 11.8. The summed E-state index contributed by atoms with van der Waals surface area (Å²) in [5, 5.41) is 3.81. The first-order chi connectivity index (χ1) is 9.51. The van der Waals surface area contributed by atoms with Gasteiger partial charge in [-0.3, -0.25) is 4.79 Å². The molecule has 0 aliphatic carbocycles. The second-order valence-corrected chi connectivity index (χ2v) is 5.62. The molecule has 2 aromatic rings. The molecule has 1 N–H and O–H groups in total. The Morgan fingerprint density at radius 3 is 2.10 bits per heavy atom. The fourth-order valence-corrected chi connectivity index (χ4v) is 2.68. The predicted molar refractivity (Wildman–Crippen MR) is 87.7 cm³/mol. The van der Waals surface area contributed by atoms with E-state index < -0.39 is 0 Å². The number of carbonyl (C=O) groups is 1. The Labute approximate surface area is 128 Å². The van der Waals surface area contributed by atoms with Gasteiger partial charge in [0.25, 0.3) is 5.91 Å². The largest absolute Gasteiger partial charge is 0.322 e. The average Bonchev–Trinajstić information content (AvgIpc) is 2.42. The Morgan fingerprint density at radius 1 is 1.05 bits per heavy atom. The number of aryl methyl sites for hydroxylation is 3. The average molecular weight is 332 g/mol. The van der Waals surface area contributed by atoms with E-state index >= 15 is 0 Å². The Balaban J connectivity index is 2.23. The van der Waals surface area contributed by atoms with Crippen LogP contribution in [0.1, 0.15) is 32.6 Å². The van der Waals surface area contributed by atoms with Crippen molar-refractivity contribution in [3.63, 3.8) is 0 Å². The molecule has 0 spiro atoms. The van der Waals surface area contributed by atoms with Gasteiger partial charge in [-0.1, -0.05) is 45.8 Å². The summed E-state index contributed by atoms with van der Waals surface area (Å²) >= 11 is 3.40. The van der Waals surface area contributed by atoms with Crippen LogP contribution in [0.25, 0.3) is 0 Å². The highest BCUT2D eigenvalue weighted by Crippen LogP contribution is 2.22. The molecule has 0 aromatic heterocycles. The van der Waals surface area contributed by atoms with Crippen LogP contribution >= 0.6 is 15.9 Å². The minimum absolute atomic E-state index is 0.0684. The molecule has 2 aromatic carbocycles. The van der Waals surface area contributed by atoms with Crippen LogP contribution in [0.4, 0.5) is 5.69 Å². The molecule has 0 aliphatic heterocycles. The van der Waals surface area contributed by atoms with Gasteiger partial charge < -0.3 is 5.32 Å². The van der Waals surface area contributed by atoms with Crippen molar-refractivity contribution >= 4 is 27.5 Å². The summed E-state index contributed by atoms with van der Waals surface area (Å²) in [6.07, 6.45) is 0. The summed E-state index contributed by atoms with van der Waals surface area (Å²) in [5.41, 5.74) is 6.13. The highest BCUT2D eigenvalue weighted by molar-refractivity contribution is 9.08. The minimum Gasteiger partial charge on any atom is -0.322 e. The molecular weight excluding hydrogens is 314 g/mol. The van der Waals surface area contributed by atoms with Gasteiger partial charge in [0.05, 0.1) is 0 Å². The minimum atomic E-state index is -0.0684. The van der Waals surface area contributed by atoms with E-state index in [-0.39, 0.29) is 5.91 Å². The maximum Gasteiger partial charge on any atom is 0.255 e. The van der Waals surface area contributed by atoms with Crippen molar-refractivity contribution in [1.29, 1.82) is 0 Å². The molecule has 2 rings (SSSR count). The Kier molecular flexibility index (Phi) is 4.61. The van der Waals surface area contributed by atoms with Gasteiger partial charge in [-0.25, -0.2) is 0 Å². The molecule has 0 heterocycles. The molecule has 1 amide bonds. The van der Waals surface area contributed by atoms with Crippen molar-refractivity contribution < 1.29 is 4.79 Å². The van der Waals surface area contributed by atoms with Crippen LogP contribution in [0.3, 0.4) is 0 Å². The number of rotatable bonds is 3. The second-order valence-electron chi connectivity index (χ2n) is 5.06. The summed E-state index contributed by atoms with van der Waals surface area (Å²) in [6.45, 7) is 6.09. The number of halogens is 1. The van der Waals surface area contributed by atoms with E-state index in [9.17, 15) is 4.79 Å². The number of hydrogen-bond donors (Lipinski definition) is 1. The summed E-state index contributed by atoms with van der Waals surface area (Å²) in [4.78, 5) is 12.3. The molecule has 0 atom stereocenters. The monoisotopic (exact) mass is 331 g/mol. The highest BCUT2D eigenvalue weighted by atomic mass is 79.9. The van der Waals surface area contributed by atoms with Crippen molar-refractivity contribution in [2.45, 2.75) is 26.1 Å². The number of benzene rings is 2.